The van der Waals surface area contributed by atoms with Crippen LogP contribution in [0.2, 0.25) is 5.02 Å². The minimum absolute atomic E-state index is 0.00221. The van der Waals surface area contributed by atoms with E-state index in [0.29, 0.717) is 16.6 Å². The Morgan fingerprint density at radius 3 is 2.71 bits per heavy atom. The van der Waals surface area contributed by atoms with Crippen molar-refractivity contribution in [3.8, 4) is 6.07 Å². The molecule has 1 aliphatic rings. The van der Waals surface area contributed by atoms with E-state index in [1.54, 1.807) is 18.2 Å². The second-order valence-electron chi connectivity index (χ2n) is 5.52. The largest absolute Gasteiger partial charge is 0.374 e. The van der Waals surface area contributed by atoms with E-state index >= 15 is 0 Å². The Kier molecular flexibility index (Phi) is 5.46. The molecule has 21 heavy (non-hydrogen) atoms. The maximum Gasteiger partial charge on any atom is 0.242 e. The van der Waals surface area contributed by atoms with Gasteiger partial charge in [-0.1, -0.05) is 30.9 Å². The highest BCUT2D eigenvalue weighted by Gasteiger charge is 2.19. The van der Waals surface area contributed by atoms with Crippen molar-refractivity contribution in [2.75, 3.05) is 5.32 Å². The fourth-order valence-electron chi connectivity index (χ4n) is 2.58. The van der Waals surface area contributed by atoms with Gasteiger partial charge in [0, 0.05) is 11.7 Å². The maximum absolute atomic E-state index is 12.2. The van der Waals surface area contributed by atoms with Crippen LogP contribution in [0.4, 0.5) is 5.69 Å². The summed E-state index contributed by atoms with van der Waals surface area (Å²) in [6.07, 6.45) is 5.79. The van der Waals surface area contributed by atoms with Crippen LogP contribution >= 0.6 is 11.6 Å². The quantitative estimate of drug-likeness (QED) is 0.895. The smallest absolute Gasteiger partial charge is 0.242 e. The third kappa shape index (κ3) is 4.37. The third-order valence-electron chi connectivity index (χ3n) is 3.82. The number of hydrogen-bond donors (Lipinski definition) is 2. The van der Waals surface area contributed by atoms with Crippen molar-refractivity contribution in [1.82, 2.24) is 5.32 Å². The molecule has 0 aromatic heterocycles. The lowest BCUT2D eigenvalue weighted by Crippen LogP contribution is -2.44. The Morgan fingerprint density at radius 2 is 2.10 bits per heavy atom. The van der Waals surface area contributed by atoms with E-state index in [2.05, 4.69) is 10.6 Å². The van der Waals surface area contributed by atoms with E-state index in [1.165, 1.54) is 19.3 Å². The number of nitrogens with one attached hydrogen (secondary N) is 2. The number of carbonyl (C=O) groups excluding carboxylic acids is 1. The van der Waals surface area contributed by atoms with Crippen LogP contribution in [0, 0.1) is 11.3 Å². The van der Waals surface area contributed by atoms with Crippen LogP contribution in [0.15, 0.2) is 18.2 Å². The summed E-state index contributed by atoms with van der Waals surface area (Å²) in [6, 6.07) is 7.06. The highest BCUT2D eigenvalue weighted by molar-refractivity contribution is 6.32. The third-order valence-corrected chi connectivity index (χ3v) is 4.13. The number of rotatable bonds is 4. The fraction of sp³-hybridized carbons (Fsp3) is 0.500. The van der Waals surface area contributed by atoms with Gasteiger partial charge in [-0.2, -0.15) is 5.26 Å². The van der Waals surface area contributed by atoms with Gasteiger partial charge in [0.25, 0.3) is 0 Å². The molecule has 0 aliphatic heterocycles. The first-order valence-corrected chi connectivity index (χ1v) is 7.74. The van der Waals surface area contributed by atoms with Crippen molar-refractivity contribution in [1.29, 1.82) is 5.26 Å². The zero-order valence-electron chi connectivity index (χ0n) is 12.2. The molecule has 0 heterocycles. The van der Waals surface area contributed by atoms with Crippen molar-refractivity contribution in [3.05, 3.63) is 28.8 Å². The predicted octanol–water partition coefficient (Wildman–Crippen LogP) is 3.46. The molecule has 1 aromatic carbocycles. The molecule has 2 rings (SSSR count). The van der Waals surface area contributed by atoms with E-state index in [-0.39, 0.29) is 11.9 Å². The van der Waals surface area contributed by atoms with Crippen LogP contribution in [-0.4, -0.2) is 18.0 Å². The molecular weight excluding hydrogens is 286 g/mol. The van der Waals surface area contributed by atoms with Gasteiger partial charge < -0.3 is 10.6 Å². The van der Waals surface area contributed by atoms with Crippen LogP contribution in [-0.2, 0) is 4.79 Å². The molecule has 0 spiro atoms. The normalized spacial score (nSPS) is 16.8. The number of anilines is 1. The van der Waals surface area contributed by atoms with Crippen LogP contribution in [0.3, 0.4) is 0 Å². The molecule has 0 saturated heterocycles. The molecule has 2 N–H and O–H groups in total. The highest BCUT2D eigenvalue weighted by atomic mass is 35.5. The zero-order valence-corrected chi connectivity index (χ0v) is 12.9. The summed E-state index contributed by atoms with van der Waals surface area (Å²) in [5.74, 6) is 0.00221. The van der Waals surface area contributed by atoms with Gasteiger partial charge in [0.05, 0.1) is 10.6 Å². The summed E-state index contributed by atoms with van der Waals surface area (Å²) in [4.78, 5) is 12.2. The van der Waals surface area contributed by atoms with Crippen molar-refractivity contribution in [2.24, 2.45) is 0 Å². The van der Waals surface area contributed by atoms with Crippen molar-refractivity contribution in [2.45, 2.75) is 51.1 Å². The van der Waals surface area contributed by atoms with Gasteiger partial charge >= 0.3 is 0 Å². The fourth-order valence-corrected chi connectivity index (χ4v) is 2.81. The average Bonchev–Trinajstić information content (AvgIpc) is 2.48. The SMILES string of the molecule is CC(Nc1ccc(C#N)c(Cl)c1)C(=O)NC1CCCCC1. The van der Waals surface area contributed by atoms with Gasteiger partial charge in [0.15, 0.2) is 0 Å². The first kappa shape index (κ1) is 15.7. The number of nitriles is 1. The minimum Gasteiger partial charge on any atom is -0.374 e. The van der Waals surface area contributed by atoms with Crippen LogP contribution < -0.4 is 10.6 Å². The number of benzene rings is 1. The first-order chi connectivity index (χ1) is 10.1. The first-order valence-electron chi connectivity index (χ1n) is 7.36. The topological polar surface area (TPSA) is 64.9 Å². The van der Waals surface area contributed by atoms with E-state index in [9.17, 15) is 4.79 Å². The maximum atomic E-state index is 12.2. The van der Waals surface area contributed by atoms with Crippen LogP contribution in [0.25, 0.3) is 0 Å². The Bertz CT molecular complexity index is 547. The molecule has 1 amide bonds. The molecular formula is C16H20ClN3O. The Balaban J connectivity index is 1.91. The summed E-state index contributed by atoms with van der Waals surface area (Å²) >= 11 is 5.99. The van der Waals surface area contributed by atoms with E-state index < -0.39 is 0 Å². The summed E-state index contributed by atoms with van der Waals surface area (Å²) < 4.78 is 0. The molecule has 0 radical (unpaired) electrons. The van der Waals surface area contributed by atoms with Crippen LogP contribution in [0.5, 0.6) is 0 Å². The molecule has 1 saturated carbocycles. The van der Waals surface area contributed by atoms with Crippen molar-refractivity contribution < 1.29 is 4.79 Å². The zero-order chi connectivity index (χ0) is 15.2. The Hall–Kier alpha value is -1.73. The van der Waals surface area contributed by atoms with Crippen molar-refractivity contribution in [3.63, 3.8) is 0 Å². The molecule has 1 atom stereocenters. The highest BCUT2D eigenvalue weighted by Crippen LogP contribution is 2.21. The monoisotopic (exact) mass is 305 g/mol. The molecule has 1 unspecified atom stereocenters. The number of halogens is 1. The molecule has 1 aliphatic carbocycles. The standard InChI is InChI=1S/C16H20ClN3O/c1-11(16(21)20-13-5-3-2-4-6-13)19-14-8-7-12(10-18)15(17)9-14/h7-9,11,13,19H,2-6H2,1H3,(H,20,21). The van der Waals surface area contributed by atoms with Crippen LogP contribution in [0.1, 0.15) is 44.6 Å². The number of nitrogens with zero attached hydrogens (tertiary/aromatic N) is 1. The number of amides is 1. The molecule has 5 heteroatoms. The van der Waals surface area contributed by atoms with E-state index in [1.807, 2.05) is 13.0 Å². The molecule has 112 valence electrons. The lowest BCUT2D eigenvalue weighted by molar-refractivity contribution is -0.122. The van der Waals surface area contributed by atoms with Gasteiger partial charge in [-0.05, 0) is 38.0 Å². The second-order valence-corrected chi connectivity index (χ2v) is 5.92. The van der Waals surface area contributed by atoms with Gasteiger partial charge in [-0.3, -0.25) is 4.79 Å². The van der Waals surface area contributed by atoms with Gasteiger partial charge in [0.1, 0.15) is 12.1 Å². The molecule has 1 aromatic rings. The van der Waals surface area contributed by atoms with Gasteiger partial charge in [0.2, 0.25) is 5.91 Å². The predicted molar refractivity (Wildman–Crippen MR) is 84.3 cm³/mol. The molecule has 4 nitrogen and oxygen atoms in total. The summed E-state index contributed by atoms with van der Waals surface area (Å²) in [5.41, 5.74) is 1.17. The molecule has 0 bridgehead atoms. The molecule has 1 fully saturated rings. The minimum atomic E-state index is -0.337. The van der Waals surface area contributed by atoms with Gasteiger partial charge in [-0.15, -0.1) is 0 Å². The van der Waals surface area contributed by atoms with Gasteiger partial charge in [-0.25, -0.2) is 0 Å². The second kappa shape index (κ2) is 7.33. The van der Waals surface area contributed by atoms with E-state index in [0.717, 1.165) is 18.5 Å². The number of carbonyl (C=O) groups is 1. The summed E-state index contributed by atoms with van der Waals surface area (Å²) in [7, 11) is 0. The summed E-state index contributed by atoms with van der Waals surface area (Å²) in [5, 5.41) is 15.4. The van der Waals surface area contributed by atoms with Crippen molar-refractivity contribution >= 4 is 23.2 Å². The lowest BCUT2D eigenvalue weighted by atomic mass is 9.95. The van der Waals surface area contributed by atoms with E-state index in [4.69, 9.17) is 16.9 Å². The lowest BCUT2D eigenvalue weighted by Gasteiger charge is -2.25. The number of hydrogen-bond acceptors (Lipinski definition) is 3. The Morgan fingerprint density at radius 1 is 1.38 bits per heavy atom. The summed E-state index contributed by atoms with van der Waals surface area (Å²) in [6.45, 7) is 1.82. The Labute approximate surface area is 130 Å². The average molecular weight is 306 g/mol.